The van der Waals surface area contributed by atoms with Crippen LogP contribution in [-0.4, -0.2) is 59.7 Å². The van der Waals surface area contributed by atoms with Gasteiger partial charge in [0.05, 0.1) is 24.9 Å². The van der Waals surface area contributed by atoms with Crippen molar-refractivity contribution in [2.24, 2.45) is 0 Å². The zero-order valence-electron chi connectivity index (χ0n) is 20.7. The smallest absolute Gasteiger partial charge is 0.416 e. The number of carbonyl (C=O) groups excluding carboxylic acids is 1. The van der Waals surface area contributed by atoms with Crippen LogP contribution in [0.25, 0.3) is 0 Å². The molecular weight excluding hydrogens is 434 g/mol. The van der Waals surface area contributed by atoms with Crippen LogP contribution in [0.5, 0.6) is 5.75 Å². The van der Waals surface area contributed by atoms with Crippen LogP contribution in [0.2, 0.25) is 0 Å². The molecule has 1 aromatic heterocycles. The highest BCUT2D eigenvalue weighted by molar-refractivity contribution is 5.89. The minimum Gasteiger partial charge on any atom is -0.488 e. The Bertz CT molecular complexity index is 986. The largest absolute Gasteiger partial charge is 0.488 e. The van der Waals surface area contributed by atoms with Crippen LogP contribution in [-0.2, 0) is 20.6 Å². The quantitative estimate of drug-likeness (QED) is 0.562. The molecular formula is C26H35N3O5. The van der Waals surface area contributed by atoms with E-state index in [1.807, 2.05) is 39.8 Å². The maximum Gasteiger partial charge on any atom is 0.416 e. The summed E-state index contributed by atoms with van der Waals surface area (Å²) in [5.41, 5.74) is 0.822. The van der Waals surface area contributed by atoms with E-state index in [1.54, 1.807) is 17.2 Å². The van der Waals surface area contributed by atoms with Crippen LogP contribution in [0.3, 0.4) is 0 Å². The Morgan fingerprint density at radius 1 is 1.21 bits per heavy atom. The van der Waals surface area contributed by atoms with Gasteiger partial charge in [-0.2, -0.15) is 0 Å². The summed E-state index contributed by atoms with van der Waals surface area (Å²) in [4.78, 5) is 23.3. The second-order valence-electron chi connectivity index (χ2n) is 10.1. The average Bonchev–Trinajstić information content (AvgIpc) is 3.42. The SMILES string of the molecule is C[C@H](Cc1nccc(N2C(=O)OC[C@@H]2[C@@H](C)OC(C)(C)C)n1)c1cccc(O[C@H]2CCOC2)c1. The predicted molar refractivity (Wildman–Crippen MR) is 128 cm³/mol. The standard InChI is InChI=1S/C26H35N3O5/c1-17(19-7-6-8-20(14-19)33-21-10-12-31-15-21)13-23-27-11-9-24(28-23)29-22(16-32-25(29)30)18(2)34-26(3,4)5/h6-9,11,14,17-18,21-22H,10,12-13,15-16H2,1-5H3/t17-,18-,21+,22-/m1/s1. The third-order valence-corrected chi connectivity index (χ3v) is 6.03. The fourth-order valence-electron chi connectivity index (χ4n) is 4.39. The van der Waals surface area contributed by atoms with Gasteiger partial charge in [-0.25, -0.2) is 14.8 Å². The van der Waals surface area contributed by atoms with E-state index in [1.165, 1.54) is 0 Å². The van der Waals surface area contributed by atoms with Crippen molar-refractivity contribution in [2.45, 2.75) is 77.2 Å². The Morgan fingerprint density at radius 3 is 2.76 bits per heavy atom. The maximum atomic E-state index is 12.6. The molecule has 2 aromatic rings. The highest BCUT2D eigenvalue weighted by atomic mass is 16.6. The van der Waals surface area contributed by atoms with Crippen LogP contribution in [0.15, 0.2) is 36.5 Å². The lowest BCUT2D eigenvalue weighted by Gasteiger charge is -2.31. The molecule has 184 valence electrons. The van der Waals surface area contributed by atoms with Crippen molar-refractivity contribution < 1.29 is 23.7 Å². The van der Waals surface area contributed by atoms with Gasteiger partial charge in [-0.1, -0.05) is 19.1 Å². The number of rotatable bonds is 8. The number of hydrogen-bond donors (Lipinski definition) is 0. The molecule has 0 saturated carbocycles. The third-order valence-electron chi connectivity index (χ3n) is 6.03. The van der Waals surface area contributed by atoms with Gasteiger partial charge in [0.2, 0.25) is 0 Å². The number of benzene rings is 1. The number of aromatic nitrogens is 2. The van der Waals surface area contributed by atoms with E-state index in [-0.39, 0.29) is 36.4 Å². The molecule has 0 radical (unpaired) electrons. The van der Waals surface area contributed by atoms with Crippen molar-refractivity contribution in [1.29, 1.82) is 0 Å². The van der Waals surface area contributed by atoms with Crippen LogP contribution in [0.4, 0.5) is 10.6 Å². The molecule has 4 atom stereocenters. The first-order valence-electron chi connectivity index (χ1n) is 12.0. The van der Waals surface area contributed by atoms with E-state index in [4.69, 9.17) is 23.9 Å². The van der Waals surface area contributed by atoms with Gasteiger partial charge in [0.15, 0.2) is 0 Å². The molecule has 34 heavy (non-hydrogen) atoms. The molecule has 3 heterocycles. The zero-order chi connectivity index (χ0) is 24.3. The van der Waals surface area contributed by atoms with E-state index in [9.17, 15) is 4.79 Å². The second-order valence-corrected chi connectivity index (χ2v) is 10.1. The molecule has 2 fully saturated rings. The summed E-state index contributed by atoms with van der Waals surface area (Å²) in [6.07, 6.45) is 2.74. The van der Waals surface area contributed by atoms with Gasteiger partial charge >= 0.3 is 6.09 Å². The van der Waals surface area contributed by atoms with Crippen molar-refractivity contribution >= 4 is 11.9 Å². The molecule has 2 saturated heterocycles. The second kappa shape index (κ2) is 10.3. The van der Waals surface area contributed by atoms with E-state index < -0.39 is 6.09 Å². The lowest BCUT2D eigenvalue weighted by molar-refractivity contribution is -0.0618. The lowest BCUT2D eigenvalue weighted by Crippen LogP contribution is -2.45. The van der Waals surface area contributed by atoms with Gasteiger partial charge in [-0.05, 0) is 57.4 Å². The van der Waals surface area contributed by atoms with Crippen LogP contribution in [0.1, 0.15) is 58.3 Å². The van der Waals surface area contributed by atoms with Gasteiger partial charge in [0, 0.05) is 19.0 Å². The van der Waals surface area contributed by atoms with Crippen LogP contribution in [0, 0.1) is 0 Å². The van der Waals surface area contributed by atoms with Crippen molar-refractivity contribution in [2.75, 3.05) is 24.7 Å². The average molecular weight is 470 g/mol. The molecule has 0 N–H and O–H groups in total. The van der Waals surface area contributed by atoms with Crippen molar-refractivity contribution in [3.63, 3.8) is 0 Å². The number of amides is 1. The first kappa shape index (κ1) is 24.4. The van der Waals surface area contributed by atoms with E-state index in [2.05, 4.69) is 24.0 Å². The Labute approximate surface area is 201 Å². The molecule has 2 aliphatic rings. The summed E-state index contributed by atoms with van der Waals surface area (Å²) in [6, 6.07) is 9.65. The number of hydrogen-bond acceptors (Lipinski definition) is 7. The topological polar surface area (TPSA) is 83.0 Å². The molecule has 0 aliphatic carbocycles. The van der Waals surface area contributed by atoms with Crippen LogP contribution >= 0.6 is 0 Å². The van der Waals surface area contributed by atoms with Gasteiger partial charge in [0.1, 0.15) is 36.1 Å². The summed E-state index contributed by atoms with van der Waals surface area (Å²) in [6.45, 7) is 11.7. The van der Waals surface area contributed by atoms with Gasteiger partial charge < -0.3 is 18.9 Å². The number of carbonyl (C=O) groups is 1. The monoisotopic (exact) mass is 469 g/mol. The molecule has 0 unspecified atom stereocenters. The summed E-state index contributed by atoms with van der Waals surface area (Å²) < 4.78 is 22.9. The summed E-state index contributed by atoms with van der Waals surface area (Å²) >= 11 is 0. The molecule has 0 bridgehead atoms. The summed E-state index contributed by atoms with van der Waals surface area (Å²) in [7, 11) is 0. The first-order valence-corrected chi connectivity index (χ1v) is 12.0. The Morgan fingerprint density at radius 2 is 2.03 bits per heavy atom. The Hall–Kier alpha value is -2.71. The van der Waals surface area contributed by atoms with Crippen molar-refractivity contribution in [3.05, 3.63) is 47.9 Å². The van der Waals surface area contributed by atoms with E-state index in [0.29, 0.717) is 24.7 Å². The Balaban J connectivity index is 1.46. The number of nitrogens with zero attached hydrogens (tertiary/aromatic N) is 3. The number of cyclic esters (lactones) is 1. The number of anilines is 1. The molecule has 8 nitrogen and oxygen atoms in total. The number of ether oxygens (including phenoxy) is 4. The molecule has 1 amide bonds. The first-order chi connectivity index (χ1) is 16.2. The zero-order valence-corrected chi connectivity index (χ0v) is 20.7. The predicted octanol–water partition coefficient (Wildman–Crippen LogP) is 4.52. The van der Waals surface area contributed by atoms with Crippen molar-refractivity contribution in [3.8, 4) is 5.75 Å². The fraction of sp³-hybridized carbons (Fsp3) is 0.577. The van der Waals surface area contributed by atoms with Gasteiger partial charge in [-0.15, -0.1) is 0 Å². The molecule has 8 heteroatoms. The fourth-order valence-corrected chi connectivity index (χ4v) is 4.39. The molecule has 1 aromatic carbocycles. The highest BCUT2D eigenvalue weighted by Crippen LogP contribution is 2.28. The molecule has 2 aliphatic heterocycles. The normalized spacial score (nSPS) is 22.5. The summed E-state index contributed by atoms with van der Waals surface area (Å²) in [5.74, 6) is 2.23. The minimum atomic E-state index is -0.409. The van der Waals surface area contributed by atoms with Gasteiger partial charge in [-0.3, -0.25) is 4.90 Å². The third kappa shape index (κ3) is 6.04. The Kier molecular flexibility index (Phi) is 7.38. The maximum absolute atomic E-state index is 12.6. The van der Waals surface area contributed by atoms with Gasteiger partial charge in [0.25, 0.3) is 0 Å². The van der Waals surface area contributed by atoms with E-state index >= 15 is 0 Å². The summed E-state index contributed by atoms with van der Waals surface area (Å²) in [5, 5.41) is 0. The van der Waals surface area contributed by atoms with Crippen molar-refractivity contribution in [1.82, 2.24) is 9.97 Å². The molecule has 4 rings (SSSR count). The van der Waals surface area contributed by atoms with E-state index in [0.717, 1.165) is 24.3 Å². The highest BCUT2D eigenvalue weighted by Gasteiger charge is 2.40. The minimum absolute atomic E-state index is 0.114. The van der Waals surface area contributed by atoms with Crippen LogP contribution < -0.4 is 9.64 Å². The lowest BCUT2D eigenvalue weighted by atomic mass is 9.97. The molecule has 0 spiro atoms.